The van der Waals surface area contributed by atoms with Crippen molar-refractivity contribution < 1.29 is 9.53 Å². The largest absolute Gasteiger partial charge is 0.481 e. The van der Waals surface area contributed by atoms with E-state index < -0.39 is 5.91 Å². The minimum absolute atomic E-state index is 0.0970. The Morgan fingerprint density at radius 1 is 1.17 bits per heavy atom. The van der Waals surface area contributed by atoms with Gasteiger partial charge in [-0.25, -0.2) is 9.97 Å². The van der Waals surface area contributed by atoms with Crippen LogP contribution in [-0.4, -0.2) is 28.0 Å². The van der Waals surface area contributed by atoms with Crippen LogP contribution in [0, 0.1) is 11.3 Å². The molecule has 0 fully saturated rings. The number of carbonyl (C=O) groups excluding carboxylic acids is 1. The fourth-order valence-electron chi connectivity index (χ4n) is 3.22. The number of rotatable bonds is 5. The molecule has 30 heavy (non-hydrogen) atoms. The molecule has 0 spiro atoms. The van der Waals surface area contributed by atoms with E-state index >= 15 is 0 Å². The van der Waals surface area contributed by atoms with Crippen LogP contribution in [0.1, 0.15) is 5.56 Å². The second kappa shape index (κ2) is 7.89. The van der Waals surface area contributed by atoms with Crippen molar-refractivity contribution in [3.63, 3.8) is 0 Å². The SMILES string of the molecule is COc1cc(-c2c[nH]c3ncc(-c4cccc(C=C(C#N)C(N)=O)c4)cc23)ccn1. The molecule has 0 atom stereocenters. The lowest BCUT2D eigenvalue weighted by Crippen LogP contribution is -2.12. The van der Waals surface area contributed by atoms with Crippen molar-refractivity contribution in [3.8, 4) is 34.2 Å². The number of nitrogens with zero attached hydrogens (tertiary/aromatic N) is 3. The summed E-state index contributed by atoms with van der Waals surface area (Å²) in [6.45, 7) is 0. The van der Waals surface area contributed by atoms with Gasteiger partial charge in [0.25, 0.3) is 5.91 Å². The number of H-pyrrole nitrogens is 1. The molecule has 146 valence electrons. The summed E-state index contributed by atoms with van der Waals surface area (Å²) >= 11 is 0. The summed E-state index contributed by atoms with van der Waals surface area (Å²) in [4.78, 5) is 23.2. The fraction of sp³-hybridized carbons (Fsp3) is 0.0435. The van der Waals surface area contributed by atoms with Gasteiger partial charge in [0.2, 0.25) is 5.88 Å². The zero-order chi connectivity index (χ0) is 21.1. The van der Waals surface area contributed by atoms with Gasteiger partial charge in [-0.1, -0.05) is 18.2 Å². The number of nitriles is 1. The van der Waals surface area contributed by atoms with E-state index in [1.807, 2.05) is 48.7 Å². The third-order valence-electron chi connectivity index (χ3n) is 4.70. The van der Waals surface area contributed by atoms with Crippen LogP contribution in [-0.2, 0) is 4.79 Å². The highest BCUT2D eigenvalue weighted by atomic mass is 16.5. The molecule has 3 heterocycles. The Balaban J connectivity index is 1.79. The molecule has 0 saturated carbocycles. The number of aromatic nitrogens is 3. The molecule has 0 aliphatic heterocycles. The number of carbonyl (C=O) groups is 1. The highest BCUT2D eigenvalue weighted by Crippen LogP contribution is 2.32. The van der Waals surface area contributed by atoms with Crippen LogP contribution in [0.2, 0.25) is 0 Å². The third kappa shape index (κ3) is 3.62. The van der Waals surface area contributed by atoms with E-state index in [1.54, 1.807) is 25.6 Å². The zero-order valence-corrected chi connectivity index (χ0v) is 16.1. The van der Waals surface area contributed by atoms with Crippen molar-refractivity contribution in [1.29, 1.82) is 5.26 Å². The third-order valence-corrected chi connectivity index (χ3v) is 4.70. The van der Waals surface area contributed by atoms with E-state index in [4.69, 9.17) is 15.7 Å². The van der Waals surface area contributed by atoms with Crippen LogP contribution in [0.5, 0.6) is 5.88 Å². The first-order chi connectivity index (χ1) is 14.6. The number of nitrogens with two attached hydrogens (primary N) is 1. The van der Waals surface area contributed by atoms with Gasteiger partial charge in [0.05, 0.1) is 7.11 Å². The summed E-state index contributed by atoms with van der Waals surface area (Å²) in [5, 5.41) is 10.0. The molecule has 3 aromatic heterocycles. The maximum Gasteiger partial charge on any atom is 0.259 e. The predicted molar refractivity (Wildman–Crippen MR) is 114 cm³/mol. The minimum Gasteiger partial charge on any atom is -0.481 e. The first-order valence-electron chi connectivity index (χ1n) is 9.08. The van der Waals surface area contributed by atoms with Gasteiger partial charge >= 0.3 is 0 Å². The van der Waals surface area contributed by atoms with Gasteiger partial charge in [0.1, 0.15) is 17.3 Å². The number of hydrogen-bond acceptors (Lipinski definition) is 5. The second-order valence-electron chi connectivity index (χ2n) is 6.57. The van der Waals surface area contributed by atoms with E-state index in [-0.39, 0.29) is 5.57 Å². The summed E-state index contributed by atoms with van der Waals surface area (Å²) in [6, 6.07) is 15.1. The predicted octanol–water partition coefficient (Wildman–Crippen LogP) is 3.69. The van der Waals surface area contributed by atoms with E-state index in [1.165, 1.54) is 6.08 Å². The topological polar surface area (TPSA) is 118 Å². The number of nitrogens with one attached hydrogen (secondary N) is 1. The van der Waals surface area contributed by atoms with Gasteiger partial charge in [0.15, 0.2) is 0 Å². The number of ether oxygens (including phenoxy) is 1. The molecule has 0 radical (unpaired) electrons. The van der Waals surface area contributed by atoms with Crippen LogP contribution in [0.4, 0.5) is 0 Å². The zero-order valence-electron chi connectivity index (χ0n) is 16.1. The number of amides is 1. The second-order valence-corrected chi connectivity index (χ2v) is 6.57. The lowest BCUT2D eigenvalue weighted by molar-refractivity contribution is -0.114. The van der Waals surface area contributed by atoms with Crippen molar-refractivity contribution in [2.45, 2.75) is 0 Å². The molecule has 7 heteroatoms. The van der Waals surface area contributed by atoms with Gasteiger partial charge in [0, 0.05) is 41.2 Å². The summed E-state index contributed by atoms with van der Waals surface area (Å²) in [5.41, 5.74) is 10.4. The van der Waals surface area contributed by atoms with Crippen LogP contribution in [0.15, 0.2) is 66.6 Å². The van der Waals surface area contributed by atoms with Gasteiger partial charge in [-0.3, -0.25) is 4.79 Å². The number of aromatic amines is 1. The quantitative estimate of drug-likeness (QED) is 0.395. The Bertz CT molecular complexity index is 1330. The molecule has 1 amide bonds. The Morgan fingerprint density at radius 3 is 2.80 bits per heavy atom. The van der Waals surface area contributed by atoms with Gasteiger partial charge in [-0.05, 0) is 41.0 Å². The van der Waals surface area contributed by atoms with E-state index in [0.29, 0.717) is 11.4 Å². The van der Waals surface area contributed by atoms with Crippen molar-refractivity contribution in [1.82, 2.24) is 15.0 Å². The lowest BCUT2D eigenvalue weighted by Gasteiger charge is -2.06. The van der Waals surface area contributed by atoms with Crippen molar-refractivity contribution in [3.05, 3.63) is 72.2 Å². The van der Waals surface area contributed by atoms with E-state index in [0.717, 1.165) is 33.3 Å². The summed E-state index contributed by atoms with van der Waals surface area (Å²) in [6.07, 6.45) is 6.85. The number of primary amides is 1. The van der Waals surface area contributed by atoms with E-state index in [9.17, 15) is 4.79 Å². The molecule has 0 saturated heterocycles. The summed E-state index contributed by atoms with van der Waals surface area (Å²) in [7, 11) is 1.58. The maximum absolute atomic E-state index is 11.3. The summed E-state index contributed by atoms with van der Waals surface area (Å²) < 4.78 is 5.23. The molecule has 3 N–H and O–H groups in total. The first kappa shape index (κ1) is 18.9. The van der Waals surface area contributed by atoms with Crippen LogP contribution in [0.25, 0.3) is 39.4 Å². The maximum atomic E-state index is 11.3. The van der Waals surface area contributed by atoms with Gasteiger partial charge in [-0.15, -0.1) is 0 Å². The van der Waals surface area contributed by atoms with Crippen molar-refractivity contribution in [2.75, 3.05) is 7.11 Å². The van der Waals surface area contributed by atoms with Crippen molar-refractivity contribution >= 4 is 23.0 Å². The molecule has 0 bridgehead atoms. The fourth-order valence-corrected chi connectivity index (χ4v) is 3.22. The molecule has 7 nitrogen and oxygen atoms in total. The highest BCUT2D eigenvalue weighted by molar-refractivity contribution is 6.01. The first-order valence-corrected chi connectivity index (χ1v) is 9.08. The Labute approximate surface area is 172 Å². The normalized spacial score (nSPS) is 11.3. The molecular weight excluding hydrogens is 378 g/mol. The Hall–Kier alpha value is -4.44. The smallest absolute Gasteiger partial charge is 0.259 e. The minimum atomic E-state index is -0.754. The van der Waals surface area contributed by atoms with Crippen LogP contribution in [0.3, 0.4) is 0 Å². The van der Waals surface area contributed by atoms with Crippen LogP contribution >= 0.6 is 0 Å². The van der Waals surface area contributed by atoms with Gasteiger partial charge in [-0.2, -0.15) is 5.26 Å². The number of methoxy groups -OCH3 is 1. The molecule has 4 aromatic rings. The standard InChI is InChI=1S/C23H17N5O2/c1-30-21-10-16(5-6-26-21)20-13-28-23-19(20)9-18(12-27-23)15-4-2-3-14(7-15)8-17(11-24)22(25)29/h2-10,12-13H,1H3,(H2,25,29)(H,27,28). The number of fused-ring (bicyclic) bond motifs is 1. The molecule has 0 aliphatic carbocycles. The number of pyridine rings is 2. The monoisotopic (exact) mass is 395 g/mol. The average molecular weight is 395 g/mol. The molecule has 1 aromatic carbocycles. The Kier molecular flexibility index (Phi) is 4.97. The molecule has 0 aliphatic rings. The Morgan fingerprint density at radius 2 is 2.03 bits per heavy atom. The molecular formula is C23H17N5O2. The lowest BCUT2D eigenvalue weighted by atomic mass is 10.0. The van der Waals surface area contributed by atoms with E-state index in [2.05, 4.69) is 15.0 Å². The van der Waals surface area contributed by atoms with Gasteiger partial charge < -0.3 is 15.5 Å². The number of hydrogen-bond donors (Lipinski definition) is 2. The van der Waals surface area contributed by atoms with Crippen molar-refractivity contribution in [2.24, 2.45) is 5.73 Å². The highest BCUT2D eigenvalue weighted by Gasteiger charge is 2.11. The molecule has 4 rings (SSSR count). The van der Waals surface area contributed by atoms with Crippen LogP contribution < -0.4 is 10.5 Å². The summed E-state index contributed by atoms with van der Waals surface area (Å²) in [5.74, 6) is -0.219. The number of benzene rings is 1. The average Bonchev–Trinajstić information content (AvgIpc) is 3.20. The molecule has 0 unspecified atom stereocenters.